The minimum absolute atomic E-state index is 0.302. The zero-order valence-electron chi connectivity index (χ0n) is 12.4. The zero-order chi connectivity index (χ0) is 17.3. The molecule has 0 saturated carbocycles. The minimum Gasteiger partial charge on any atom is -0.334 e. The summed E-state index contributed by atoms with van der Waals surface area (Å²) in [6, 6.07) is 5.45. The van der Waals surface area contributed by atoms with E-state index in [1.54, 1.807) is 12.5 Å². The van der Waals surface area contributed by atoms with Crippen molar-refractivity contribution in [2.75, 3.05) is 0 Å². The van der Waals surface area contributed by atoms with Gasteiger partial charge in [-0.25, -0.2) is 9.97 Å². The van der Waals surface area contributed by atoms with Crippen LogP contribution in [0, 0.1) is 20.2 Å². The Labute approximate surface area is 139 Å². The van der Waals surface area contributed by atoms with Gasteiger partial charge >= 0.3 is 0 Å². The van der Waals surface area contributed by atoms with E-state index in [1.165, 1.54) is 23.9 Å². The fourth-order valence-electron chi connectivity index (χ4n) is 2.25. The normalized spacial score (nSPS) is 10.9. The van der Waals surface area contributed by atoms with Crippen molar-refractivity contribution in [3.63, 3.8) is 0 Å². The molecular weight excluding hydrogens is 334 g/mol. The summed E-state index contributed by atoms with van der Waals surface area (Å²) in [5.41, 5.74) is 1.52. The van der Waals surface area contributed by atoms with Gasteiger partial charge in [-0.05, 0) is 11.6 Å². The number of fused-ring (bicyclic) bond motifs is 1. The Morgan fingerprint density at radius 3 is 2.42 bits per heavy atom. The van der Waals surface area contributed by atoms with Crippen LogP contribution in [0.3, 0.4) is 0 Å². The van der Waals surface area contributed by atoms with Gasteiger partial charge in [-0.1, -0.05) is 11.8 Å². The molecule has 1 aromatic carbocycles. The lowest BCUT2D eigenvalue weighted by Crippen LogP contribution is -1.95. The van der Waals surface area contributed by atoms with Crippen molar-refractivity contribution in [2.45, 2.75) is 10.8 Å². The highest BCUT2D eigenvalue weighted by molar-refractivity contribution is 7.98. The lowest BCUT2D eigenvalue weighted by molar-refractivity contribution is -0.394. The molecule has 10 heteroatoms. The van der Waals surface area contributed by atoms with E-state index in [9.17, 15) is 20.2 Å². The smallest absolute Gasteiger partial charge is 0.276 e. The van der Waals surface area contributed by atoms with Crippen molar-refractivity contribution in [1.29, 1.82) is 0 Å². The molecule has 9 nitrogen and oxygen atoms in total. The van der Waals surface area contributed by atoms with Gasteiger partial charge in [0.15, 0.2) is 0 Å². The van der Waals surface area contributed by atoms with E-state index in [4.69, 9.17) is 0 Å². The number of benzene rings is 1. The maximum atomic E-state index is 10.9. The van der Waals surface area contributed by atoms with Crippen LogP contribution in [-0.4, -0.2) is 24.4 Å². The number of aromatic nitrogens is 3. The molecule has 0 aliphatic heterocycles. The van der Waals surface area contributed by atoms with Crippen molar-refractivity contribution in [3.05, 3.63) is 62.6 Å². The van der Waals surface area contributed by atoms with Gasteiger partial charge in [-0.15, -0.1) is 0 Å². The molecule has 2 aromatic heterocycles. The quantitative estimate of drug-likeness (QED) is 0.396. The van der Waals surface area contributed by atoms with Crippen molar-refractivity contribution >= 4 is 34.2 Å². The Kier molecular flexibility index (Phi) is 4.13. The lowest BCUT2D eigenvalue weighted by Gasteiger charge is -2.03. The Bertz CT molecular complexity index is 923. The first-order chi connectivity index (χ1) is 11.5. The van der Waals surface area contributed by atoms with Gasteiger partial charge in [-0.2, -0.15) is 0 Å². The molecule has 0 N–H and O–H groups in total. The molecule has 0 bridgehead atoms. The van der Waals surface area contributed by atoms with E-state index in [0.29, 0.717) is 16.3 Å². The Morgan fingerprint density at radius 1 is 1.12 bits per heavy atom. The summed E-state index contributed by atoms with van der Waals surface area (Å²) >= 11 is 1.33. The highest BCUT2D eigenvalue weighted by Crippen LogP contribution is 2.30. The van der Waals surface area contributed by atoms with Gasteiger partial charge in [0.2, 0.25) is 0 Å². The van der Waals surface area contributed by atoms with Crippen LogP contribution >= 0.6 is 11.8 Å². The van der Waals surface area contributed by atoms with Crippen molar-refractivity contribution in [3.8, 4) is 0 Å². The molecule has 122 valence electrons. The average Bonchev–Trinajstić information content (AvgIpc) is 2.94. The van der Waals surface area contributed by atoms with Crippen molar-refractivity contribution in [1.82, 2.24) is 14.5 Å². The number of aryl methyl sites for hydroxylation is 1. The van der Waals surface area contributed by atoms with Crippen molar-refractivity contribution in [2.24, 2.45) is 7.05 Å². The number of nitrogens with zero attached hydrogens (tertiary/aromatic N) is 5. The van der Waals surface area contributed by atoms with Crippen molar-refractivity contribution < 1.29 is 9.85 Å². The first kappa shape index (κ1) is 15.9. The number of thioether (sulfide) groups is 1. The van der Waals surface area contributed by atoms with E-state index in [1.807, 2.05) is 17.7 Å². The van der Waals surface area contributed by atoms with Gasteiger partial charge in [0.1, 0.15) is 10.5 Å². The first-order valence-corrected chi connectivity index (χ1v) is 7.76. The van der Waals surface area contributed by atoms with E-state index >= 15 is 0 Å². The third-order valence-corrected chi connectivity index (χ3v) is 4.42. The Balaban J connectivity index is 1.90. The summed E-state index contributed by atoms with van der Waals surface area (Å²) in [6.45, 7) is 0. The predicted octanol–water partition coefficient (Wildman–Crippen LogP) is 3.08. The molecular formula is C14H11N5O4S. The van der Waals surface area contributed by atoms with Gasteiger partial charge in [0.05, 0.1) is 27.8 Å². The van der Waals surface area contributed by atoms with Crippen LogP contribution in [0.15, 0.2) is 41.8 Å². The van der Waals surface area contributed by atoms with E-state index in [-0.39, 0.29) is 11.4 Å². The number of imidazole rings is 1. The van der Waals surface area contributed by atoms with Crippen LogP contribution in [0.4, 0.5) is 11.4 Å². The molecule has 0 aliphatic rings. The van der Waals surface area contributed by atoms with Crippen LogP contribution in [0.1, 0.15) is 5.56 Å². The van der Waals surface area contributed by atoms with E-state index in [2.05, 4.69) is 9.97 Å². The Morgan fingerprint density at radius 2 is 1.79 bits per heavy atom. The van der Waals surface area contributed by atoms with Crippen LogP contribution in [-0.2, 0) is 12.8 Å². The topological polar surface area (TPSA) is 117 Å². The molecule has 0 amide bonds. The highest BCUT2D eigenvalue weighted by atomic mass is 32.2. The molecule has 0 aliphatic carbocycles. The minimum atomic E-state index is -0.640. The molecule has 3 aromatic rings. The summed E-state index contributed by atoms with van der Waals surface area (Å²) in [5, 5.41) is 22.5. The average molecular weight is 345 g/mol. The third-order valence-electron chi connectivity index (χ3n) is 3.37. The van der Waals surface area contributed by atoms with E-state index in [0.717, 1.165) is 17.1 Å². The SMILES string of the molecule is Cn1cnc2c(SCc3cc([N+](=O)[O-])cc([N+](=O)[O-])c3)nccc21. The molecule has 0 unspecified atom stereocenters. The predicted molar refractivity (Wildman–Crippen MR) is 87.8 cm³/mol. The lowest BCUT2D eigenvalue weighted by atomic mass is 10.2. The summed E-state index contributed by atoms with van der Waals surface area (Å²) in [7, 11) is 1.87. The second-order valence-corrected chi connectivity index (χ2v) is 5.96. The maximum absolute atomic E-state index is 10.9. The van der Waals surface area contributed by atoms with E-state index < -0.39 is 9.85 Å². The third kappa shape index (κ3) is 3.04. The van der Waals surface area contributed by atoms with Gasteiger partial charge in [-0.3, -0.25) is 20.2 Å². The second-order valence-electron chi connectivity index (χ2n) is 5.00. The molecule has 0 spiro atoms. The largest absolute Gasteiger partial charge is 0.334 e. The number of rotatable bonds is 5. The molecule has 0 fully saturated rings. The molecule has 2 heterocycles. The fraction of sp³-hybridized carbons (Fsp3) is 0.143. The number of nitro groups is 2. The van der Waals surface area contributed by atoms with Gasteiger partial charge in [0, 0.05) is 31.1 Å². The van der Waals surface area contributed by atoms with Crippen LogP contribution < -0.4 is 0 Å². The summed E-state index contributed by atoms with van der Waals surface area (Å²) in [5.74, 6) is 0.311. The number of nitro benzene ring substituents is 2. The Hall–Kier alpha value is -3.01. The molecule has 0 saturated heterocycles. The second kappa shape index (κ2) is 6.24. The van der Waals surface area contributed by atoms with Crippen LogP contribution in [0.2, 0.25) is 0 Å². The summed E-state index contributed by atoms with van der Waals surface area (Å²) < 4.78 is 1.86. The standard InChI is InChI=1S/C14H11N5O4S/c1-17-8-16-13-12(17)2-3-15-14(13)24-7-9-4-10(18(20)21)6-11(5-9)19(22)23/h2-6,8H,7H2,1H3. The fourth-order valence-corrected chi connectivity index (χ4v) is 3.15. The molecule has 0 atom stereocenters. The number of hydrogen-bond acceptors (Lipinski definition) is 7. The number of pyridine rings is 1. The zero-order valence-corrected chi connectivity index (χ0v) is 13.3. The summed E-state index contributed by atoms with van der Waals surface area (Å²) in [6.07, 6.45) is 3.33. The van der Waals surface area contributed by atoms with Crippen LogP contribution in [0.25, 0.3) is 11.0 Å². The molecule has 3 rings (SSSR count). The monoisotopic (exact) mass is 345 g/mol. The maximum Gasteiger partial charge on any atom is 0.276 e. The van der Waals surface area contributed by atoms with Gasteiger partial charge in [0.25, 0.3) is 11.4 Å². The molecule has 24 heavy (non-hydrogen) atoms. The number of hydrogen-bond donors (Lipinski definition) is 0. The molecule has 0 radical (unpaired) electrons. The highest BCUT2D eigenvalue weighted by Gasteiger charge is 2.17. The van der Waals surface area contributed by atoms with Gasteiger partial charge < -0.3 is 4.57 Å². The summed E-state index contributed by atoms with van der Waals surface area (Å²) in [4.78, 5) is 29.1. The number of non-ortho nitro benzene ring substituents is 2. The first-order valence-electron chi connectivity index (χ1n) is 6.77. The van der Waals surface area contributed by atoms with Crippen LogP contribution in [0.5, 0.6) is 0 Å².